The second-order valence-electron chi connectivity index (χ2n) is 7.71. The summed E-state index contributed by atoms with van der Waals surface area (Å²) in [6.45, 7) is 10.6. The average Bonchev–Trinajstić information content (AvgIpc) is 2.89. The predicted molar refractivity (Wildman–Crippen MR) is 127 cm³/mol. The predicted octanol–water partition coefficient (Wildman–Crippen LogP) is 2.19. The first kappa shape index (κ1) is 28.0. The molecule has 0 bridgehead atoms. The van der Waals surface area contributed by atoms with Gasteiger partial charge in [-0.25, -0.2) is 14.4 Å². The normalized spacial score (nSPS) is 14.9. The van der Waals surface area contributed by atoms with Crippen molar-refractivity contribution in [2.45, 2.75) is 31.8 Å². The van der Waals surface area contributed by atoms with Crippen LogP contribution in [0.3, 0.4) is 0 Å². The molecule has 0 aliphatic carbocycles. The van der Waals surface area contributed by atoms with Crippen molar-refractivity contribution in [1.29, 1.82) is 0 Å². The van der Waals surface area contributed by atoms with Gasteiger partial charge in [0.15, 0.2) is 0 Å². The Hall–Kier alpha value is -3.21. The molecular formula is C25H34N2O8. The SMILES string of the molecule is C=CCOC(=O)C(CCNC(=O)OCc1ccccc1)(OC(C)N1CCOCC1)C(=O)OCC=C. The maximum Gasteiger partial charge on any atom is 0.407 e. The summed E-state index contributed by atoms with van der Waals surface area (Å²) in [5.41, 5.74) is -1.31. The second-order valence-corrected chi connectivity index (χ2v) is 7.71. The molecule has 0 spiro atoms. The minimum absolute atomic E-state index is 0.0745. The molecule has 1 saturated heterocycles. The molecule has 0 saturated carbocycles. The van der Waals surface area contributed by atoms with Gasteiger partial charge in [-0.05, 0) is 12.5 Å². The third kappa shape index (κ3) is 8.82. The number of morpholine rings is 1. The number of benzene rings is 1. The molecule has 1 atom stereocenters. The quantitative estimate of drug-likeness (QED) is 0.181. The lowest BCUT2D eigenvalue weighted by atomic mass is 9.99. The molecule has 0 aromatic heterocycles. The van der Waals surface area contributed by atoms with Crippen LogP contribution in [0, 0.1) is 0 Å². The summed E-state index contributed by atoms with van der Waals surface area (Å²) in [6, 6.07) is 9.18. The Kier molecular flexibility index (Phi) is 12.0. The van der Waals surface area contributed by atoms with E-state index in [0.29, 0.717) is 26.3 Å². The molecule has 1 aromatic carbocycles. The Morgan fingerprint density at radius 3 is 2.23 bits per heavy atom. The van der Waals surface area contributed by atoms with Gasteiger partial charge < -0.3 is 29.0 Å². The van der Waals surface area contributed by atoms with Crippen LogP contribution in [0.1, 0.15) is 18.9 Å². The summed E-state index contributed by atoms with van der Waals surface area (Å²) in [7, 11) is 0. The van der Waals surface area contributed by atoms with Crippen molar-refractivity contribution in [1.82, 2.24) is 10.2 Å². The van der Waals surface area contributed by atoms with E-state index in [1.807, 2.05) is 35.2 Å². The van der Waals surface area contributed by atoms with Crippen LogP contribution < -0.4 is 5.32 Å². The largest absolute Gasteiger partial charge is 0.459 e. The average molecular weight is 491 g/mol. The summed E-state index contributed by atoms with van der Waals surface area (Å²) in [6.07, 6.45) is 1.16. The molecule has 2 rings (SSSR count). The number of amides is 1. The van der Waals surface area contributed by atoms with E-state index in [1.54, 1.807) is 6.92 Å². The summed E-state index contributed by atoms with van der Waals surface area (Å²) < 4.78 is 27.1. The fourth-order valence-corrected chi connectivity index (χ4v) is 3.37. The van der Waals surface area contributed by atoms with Crippen LogP contribution in [0.15, 0.2) is 55.6 Å². The van der Waals surface area contributed by atoms with E-state index in [1.165, 1.54) is 12.2 Å². The lowest BCUT2D eigenvalue weighted by Gasteiger charge is -2.38. The van der Waals surface area contributed by atoms with E-state index in [4.69, 9.17) is 23.7 Å². The molecule has 1 unspecified atom stereocenters. The number of alkyl carbamates (subject to hydrolysis) is 1. The molecular weight excluding hydrogens is 456 g/mol. The number of rotatable bonds is 14. The topological polar surface area (TPSA) is 113 Å². The van der Waals surface area contributed by atoms with Crippen molar-refractivity contribution in [2.75, 3.05) is 46.1 Å². The van der Waals surface area contributed by atoms with Crippen LogP contribution in [0.2, 0.25) is 0 Å². The van der Waals surface area contributed by atoms with Crippen molar-refractivity contribution in [3.05, 3.63) is 61.2 Å². The zero-order valence-corrected chi connectivity index (χ0v) is 20.1. The number of hydrogen-bond donors (Lipinski definition) is 1. The lowest BCUT2D eigenvalue weighted by molar-refractivity contribution is -0.212. The second kappa shape index (κ2) is 14.9. The maximum atomic E-state index is 13.1. The number of nitrogens with one attached hydrogen (secondary N) is 1. The van der Waals surface area contributed by atoms with Gasteiger partial charge in [-0.15, -0.1) is 0 Å². The minimum Gasteiger partial charge on any atom is -0.459 e. The molecule has 1 aliphatic heterocycles. The fraction of sp³-hybridized carbons (Fsp3) is 0.480. The molecule has 1 aromatic rings. The first-order valence-corrected chi connectivity index (χ1v) is 11.4. The smallest absolute Gasteiger partial charge is 0.407 e. The van der Waals surface area contributed by atoms with Gasteiger partial charge in [0.05, 0.1) is 13.2 Å². The molecule has 1 fully saturated rings. The molecule has 1 heterocycles. The zero-order chi connectivity index (χ0) is 25.5. The van der Waals surface area contributed by atoms with Gasteiger partial charge in [0, 0.05) is 26.1 Å². The Bertz CT molecular complexity index is 815. The van der Waals surface area contributed by atoms with Crippen LogP contribution in [0.4, 0.5) is 4.79 Å². The standard InChI is InChI=1S/C25H34N2O8/c1-4-15-32-22(28)25(23(29)33-16-5-2,35-20(3)27-13-17-31-18-14-27)11-12-26-24(30)34-19-21-9-7-6-8-10-21/h4-10,20H,1-2,11-19H2,3H3,(H,26,30). The number of carbonyl (C=O) groups excluding carboxylic acids is 3. The molecule has 35 heavy (non-hydrogen) atoms. The summed E-state index contributed by atoms with van der Waals surface area (Å²) in [5.74, 6) is -1.88. The van der Waals surface area contributed by atoms with Gasteiger partial charge in [-0.2, -0.15) is 0 Å². The third-order valence-electron chi connectivity index (χ3n) is 5.21. The number of nitrogens with zero attached hydrogens (tertiary/aromatic N) is 1. The Morgan fingerprint density at radius 2 is 1.66 bits per heavy atom. The summed E-state index contributed by atoms with van der Waals surface area (Å²) in [5, 5.41) is 2.55. The van der Waals surface area contributed by atoms with Crippen molar-refractivity contribution < 1.29 is 38.1 Å². The van der Waals surface area contributed by atoms with Gasteiger partial charge in [0.1, 0.15) is 26.0 Å². The highest BCUT2D eigenvalue weighted by atomic mass is 16.6. The summed E-state index contributed by atoms with van der Waals surface area (Å²) >= 11 is 0. The first-order valence-electron chi connectivity index (χ1n) is 11.4. The van der Waals surface area contributed by atoms with Gasteiger partial charge in [-0.1, -0.05) is 55.6 Å². The van der Waals surface area contributed by atoms with Crippen LogP contribution in [-0.2, 0) is 39.9 Å². The van der Waals surface area contributed by atoms with Crippen molar-refractivity contribution in [3.63, 3.8) is 0 Å². The van der Waals surface area contributed by atoms with Gasteiger partial charge >= 0.3 is 18.0 Å². The first-order chi connectivity index (χ1) is 16.9. The van der Waals surface area contributed by atoms with Crippen molar-refractivity contribution >= 4 is 18.0 Å². The van der Waals surface area contributed by atoms with E-state index >= 15 is 0 Å². The minimum atomic E-state index is -2.13. The van der Waals surface area contributed by atoms with Gasteiger partial charge in [0.25, 0.3) is 5.60 Å². The van der Waals surface area contributed by atoms with Crippen molar-refractivity contribution in [3.8, 4) is 0 Å². The number of esters is 2. The van der Waals surface area contributed by atoms with E-state index < -0.39 is 29.9 Å². The van der Waals surface area contributed by atoms with Crippen LogP contribution in [-0.4, -0.2) is 80.8 Å². The Morgan fingerprint density at radius 1 is 1.06 bits per heavy atom. The van der Waals surface area contributed by atoms with Crippen LogP contribution in [0.25, 0.3) is 0 Å². The molecule has 1 amide bonds. The van der Waals surface area contributed by atoms with Crippen LogP contribution in [0.5, 0.6) is 0 Å². The molecule has 10 heteroatoms. The van der Waals surface area contributed by atoms with E-state index in [0.717, 1.165) is 5.56 Å². The Labute approximate surface area is 205 Å². The lowest BCUT2D eigenvalue weighted by Crippen LogP contribution is -2.57. The highest BCUT2D eigenvalue weighted by molar-refractivity contribution is 6.03. The number of ether oxygens (including phenoxy) is 5. The van der Waals surface area contributed by atoms with E-state index in [2.05, 4.69) is 18.5 Å². The number of hydrogen-bond acceptors (Lipinski definition) is 9. The highest BCUT2D eigenvalue weighted by Gasteiger charge is 2.52. The number of carbonyl (C=O) groups is 3. The van der Waals surface area contributed by atoms with Crippen LogP contribution >= 0.6 is 0 Å². The highest BCUT2D eigenvalue weighted by Crippen LogP contribution is 2.25. The van der Waals surface area contributed by atoms with E-state index in [9.17, 15) is 14.4 Å². The van der Waals surface area contributed by atoms with Gasteiger partial charge in [-0.3, -0.25) is 4.90 Å². The molecule has 192 valence electrons. The van der Waals surface area contributed by atoms with Gasteiger partial charge in [0.2, 0.25) is 0 Å². The maximum absolute atomic E-state index is 13.1. The third-order valence-corrected chi connectivity index (χ3v) is 5.21. The zero-order valence-electron chi connectivity index (χ0n) is 20.1. The Balaban J connectivity index is 2.13. The van der Waals surface area contributed by atoms with E-state index in [-0.39, 0.29) is 32.8 Å². The molecule has 1 aliphatic rings. The molecule has 10 nitrogen and oxygen atoms in total. The summed E-state index contributed by atoms with van der Waals surface area (Å²) in [4.78, 5) is 40.4. The van der Waals surface area contributed by atoms with Crippen molar-refractivity contribution in [2.24, 2.45) is 0 Å². The monoisotopic (exact) mass is 490 g/mol. The molecule has 0 radical (unpaired) electrons. The molecule has 1 N–H and O–H groups in total. The fourth-order valence-electron chi connectivity index (χ4n) is 3.37.